The van der Waals surface area contributed by atoms with Crippen molar-refractivity contribution in [1.29, 1.82) is 0 Å². The maximum Gasteiger partial charge on any atom is 0.256 e. The smallest absolute Gasteiger partial charge is 0.256 e. The molecule has 0 fully saturated rings. The molecular weight excluding hydrogens is 214 g/mol. The van der Waals surface area contributed by atoms with Crippen LogP contribution in [0.4, 0.5) is 0 Å². The Morgan fingerprint density at radius 3 is 2.88 bits per heavy atom. The predicted molar refractivity (Wildman–Crippen MR) is 53.4 cm³/mol. The Kier molecular flexibility index (Phi) is 4.16. The summed E-state index contributed by atoms with van der Waals surface area (Å²) in [6.07, 6.45) is 3.89. The van der Waals surface area contributed by atoms with Crippen LogP contribution in [0.3, 0.4) is 0 Å². The molecule has 1 atom stereocenters. The van der Waals surface area contributed by atoms with Gasteiger partial charge in [0.25, 0.3) is 5.91 Å². The van der Waals surface area contributed by atoms with Gasteiger partial charge in [-0.3, -0.25) is 24.4 Å². The number of nitrogens with two attached hydrogens (primary N) is 1. The molecule has 0 aliphatic carbocycles. The molecule has 0 spiro atoms. The molecule has 2 amide bonds. The highest BCUT2D eigenvalue weighted by atomic mass is 16.2. The van der Waals surface area contributed by atoms with Gasteiger partial charge in [0.1, 0.15) is 12.4 Å². The zero-order valence-electron chi connectivity index (χ0n) is 8.29. The second-order valence-electron chi connectivity index (χ2n) is 2.97. The van der Waals surface area contributed by atoms with Crippen LogP contribution in [0.15, 0.2) is 12.5 Å². The average molecular weight is 225 g/mol. The normalized spacial score (nSPS) is 11.6. The minimum absolute atomic E-state index is 0.155. The van der Waals surface area contributed by atoms with E-state index in [-0.39, 0.29) is 6.42 Å². The summed E-state index contributed by atoms with van der Waals surface area (Å²) >= 11 is 0. The number of rotatable bonds is 6. The Morgan fingerprint density at radius 2 is 2.38 bits per heavy atom. The molecule has 0 saturated carbocycles. The largest absolute Gasteiger partial charge is 0.346 e. The minimum Gasteiger partial charge on any atom is -0.346 e. The third-order valence-corrected chi connectivity index (χ3v) is 1.92. The summed E-state index contributed by atoms with van der Waals surface area (Å²) < 4.78 is 1.20. The van der Waals surface area contributed by atoms with E-state index < -0.39 is 11.9 Å². The predicted octanol–water partition coefficient (Wildman–Crippen LogP) is -2.43. The fraction of sp³-hybridized carbons (Fsp3) is 0.250. The van der Waals surface area contributed by atoms with E-state index in [1.807, 2.05) is 5.43 Å². The van der Waals surface area contributed by atoms with Crippen molar-refractivity contribution in [2.45, 2.75) is 12.5 Å². The van der Waals surface area contributed by atoms with Crippen LogP contribution in [-0.2, 0) is 20.8 Å². The number of hydrazine groups is 1. The molecule has 0 aromatic carbocycles. The van der Waals surface area contributed by atoms with Gasteiger partial charge in [-0.25, -0.2) is 10.8 Å². The lowest BCUT2D eigenvalue weighted by Gasteiger charge is -2.12. The molecule has 0 aliphatic heterocycles. The van der Waals surface area contributed by atoms with Crippen LogP contribution in [0.25, 0.3) is 0 Å². The van der Waals surface area contributed by atoms with Gasteiger partial charge in [-0.05, 0) is 0 Å². The van der Waals surface area contributed by atoms with Gasteiger partial charge >= 0.3 is 0 Å². The molecule has 16 heavy (non-hydrogen) atoms. The highest BCUT2D eigenvalue weighted by Crippen LogP contribution is 1.99. The van der Waals surface area contributed by atoms with Crippen molar-refractivity contribution < 1.29 is 14.4 Å². The maximum atomic E-state index is 11.2. The molecule has 1 heterocycles. The van der Waals surface area contributed by atoms with Crippen molar-refractivity contribution >= 4 is 18.7 Å². The van der Waals surface area contributed by atoms with E-state index in [0.29, 0.717) is 18.5 Å². The number of imidazole rings is 1. The number of hydrogen-bond donors (Lipinski definition) is 3. The minimum atomic E-state index is -0.808. The number of aromatic nitrogens is 2. The molecule has 8 nitrogen and oxygen atoms in total. The van der Waals surface area contributed by atoms with E-state index in [9.17, 15) is 14.4 Å². The molecular formula is C8H11N5O3. The number of nitrogens with zero attached hydrogens (tertiary/aromatic N) is 2. The van der Waals surface area contributed by atoms with E-state index in [0.717, 1.165) is 0 Å². The van der Waals surface area contributed by atoms with Crippen molar-refractivity contribution in [3.8, 4) is 0 Å². The maximum absolute atomic E-state index is 11.2. The monoisotopic (exact) mass is 225 g/mol. The number of carbonyl (C=O) groups is 3. The van der Waals surface area contributed by atoms with Crippen LogP contribution in [0.1, 0.15) is 5.69 Å². The zero-order valence-corrected chi connectivity index (χ0v) is 8.29. The topological polar surface area (TPSA) is 119 Å². The fourth-order valence-electron chi connectivity index (χ4n) is 1.16. The van der Waals surface area contributed by atoms with E-state index >= 15 is 0 Å². The van der Waals surface area contributed by atoms with E-state index in [4.69, 9.17) is 5.84 Å². The number of nitrogens with one attached hydrogen (secondary N) is 2. The Morgan fingerprint density at radius 1 is 1.62 bits per heavy atom. The van der Waals surface area contributed by atoms with Gasteiger partial charge in [0.05, 0.1) is 5.69 Å². The SMILES string of the molecule is NNC(=O)C(Cc1cn(C=O)cn1)NC=O. The van der Waals surface area contributed by atoms with E-state index in [1.165, 1.54) is 17.1 Å². The first-order chi connectivity index (χ1) is 7.71. The molecule has 4 N–H and O–H groups in total. The van der Waals surface area contributed by atoms with Crippen LogP contribution < -0.4 is 16.6 Å². The van der Waals surface area contributed by atoms with Crippen molar-refractivity contribution in [3.63, 3.8) is 0 Å². The quantitative estimate of drug-likeness (QED) is 0.215. The lowest BCUT2D eigenvalue weighted by molar-refractivity contribution is -0.125. The van der Waals surface area contributed by atoms with Gasteiger partial charge in [0.2, 0.25) is 12.8 Å². The molecule has 8 heteroatoms. The standard InChI is InChI=1S/C8H11N5O3/c9-12-8(16)7(11-4-14)1-6-2-13(5-15)3-10-6/h2-5,7H,1,9H2,(H,11,14)(H,12,16). The lowest BCUT2D eigenvalue weighted by Crippen LogP contribution is -2.47. The second-order valence-corrected chi connectivity index (χ2v) is 2.97. The van der Waals surface area contributed by atoms with E-state index in [1.54, 1.807) is 0 Å². The van der Waals surface area contributed by atoms with Gasteiger partial charge in [-0.15, -0.1) is 0 Å². The highest BCUT2D eigenvalue weighted by Gasteiger charge is 2.18. The molecule has 86 valence electrons. The molecule has 1 unspecified atom stereocenters. The third kappa shape index (κ3) is 2.89. The summed E-state index contributed by atoms with van der Waals surface area (Å²) in [4.78, 5) is 35.7. The summed E-state index contributed by atoms with van der Waals surface area (Å²) in [5.74, 6) is 4.42. The van der Waals surface area contributed by atoms with Crippen molar-refractivity contribution in [1.82, 2.24) is 20.3 Å². The first-order valence-electron chi connectivity index (χ1n) is 4.39. The van der Waals surface area contributed by atoms with Gasteiger partial charge < -0.3 is 5.32 Å². The Hall–Kier alpha value is -2.22. The Labute approximate surface area is 90.8 Å². The molecule has 1 aromatic rings. The van der Waals surface area contributed by atoms with Crippen molar-refractivity contribution in [2.24, 2.45) is 5.84 Å². The second kappa shape index (κ2) is 5.61. The summed E-state index contributed by atoms with van der Waals surface area (Å²) in [6.45, 7) is 0. The first-order valence-corrected chi connectivity index (χ1v) is 4.39. The van der Waals surface area contributed by atoms with Crippen molar-refractivity contribution in [2.75, 3.05) is 0 Å². The summed E-state index contributed by atoms with van der Waals surface area (Å²) in [5, 5.41) is 2.30. The van der Waals surface area contributed by atoms with Crippen LogP contribution in [0, 0.1) is 0 Å². The fourth-order valence-corrected chi connectivity index (χ4v) is 1.16. The summed E-state index contributed by atoms with van der Waals surface area (Å²) in [7, 11) is 0. The molecule has 1 rings (SSSR count). The third-order valence-electron chi connectivity index (χ3n) is 1.92. The number of hydrogen-bond acceptors (Lipinski definition) is 5. The van der Waals surface area contributed by atoms with E-state index in [2.05, 4.69) is 10.3 Å². The van der Waals surface area contributed by atoms with Crippen LogP contribution in [0.5, 0.6) is 0 Å². The summed E-state index contributed by atoms with van der Waals surface area (Å²) in [6, 6.07) is -0.808. The lowest BCUT2D eigenvalue weighted by atomic mass is 10.1. The summed E-state index contributed by atoms with van der Waals surface area (Å²) in [5.41, 5.74) is 2.42. The number of amides is 2. The molecule has 1 aromatic heterocycles. The molecule has 0 bridgehead atoms. The van der Waals surface area contributed by atoms with Gasteiger partial charge in [-0.1, -0.05) is 0 Å². The van der Waals surface area contributed by atoms with Gasteiger partial charge in [0, 0.05) is 12.6 Å². The van der Waals surface area contributed by atoms with Crippen LogP contribution in [-0.4, -0.2) is 34.3 Å². The molecule has 0 aliphatic rings. The average Bonchev–Trinajstić information content (AvgIpc) is 2.75. The first kappa shape index (κ1) is 11.9. The Bertz CT molecular complexity index is 389. The highest BCUT2D eigenvalue weighted by molar-refractivity contribution is 5.83. The van der Waals surface area contributed by atoms with Gasteiger partial charge in [0.15, 0.2) is 0 Å². The van der Waals surface area contributed by atoms with Crippen molar-refractivity contribution in [3.05, 3.63) is 18.2 Å². The Balaban J connectivity index is 2.70. The van der Waals surface area contributed by atoms with Crippen LogP contribution in [0.2, 0.25) is 0 Å². The molecule has 0 saturated heterocycles. The van der Waals surface area contributed by atoms with Gasteiger partial charge in [-0.2, -0.15) is 0 Å². The molecule has 0 radical (unpaired) electrons. The zero-order chi connectivity index (χ0) is 12.0. The number of carbonyl (C=O) groups excluding carboxylic acids is 3. The van der Waals surface area contributed by atoms with Crippen LogP contribution >= 0.6 is 0 Å².